The molecule has 0 saturated carbocycles. The fourth-order valence-electron chi connectivity index (χ4n) is 4.17. The third-order valence-corrected chi connectivity index (χ3v) is 5.50. The number of ether oxygens (including phenoxy) is 2. The SMILES string of the molecule is Nc1nc2c3c(ccc2c2nc(Cc4cccnc4N4CCCC4)nn12)OC(F)(F)O3. The van der Waals surface area contributed by atoms with Gasteiger partial charge in [-0.15, -0.1) is 13.9 Å². The quantitative estimate of drug-likeness (QED) is 0.534. The van der Waals surface area contributed by atoms with E-state index >= 15 is 0 Å². The van der Waals surface area contributed by atoms with E-state index in [-0.39, 0.29) is 23.0 Å². The summed E-state index contributed by atoms with van der Waals surface area (Å²) < 4.78 is 37.6. The van der Waals surface area contributed by atoms with Crippen LogP contribution in [0.2, 0.25) is 0 Å². The zero-order valence-electron chi connectivity index (χ0n) is 16.3. The molecule has 2 N–H and O–H groups in total. The van der Waals surface area contributed by atoms with Crippen LogP contribution >= 0.6 is 0 Å². The van der Waals surface area contributed by atoms with Crippen molar-refractivity contribution in [2.45, 2.75) is 25.6 Å². The first kappa shape index (κ1) is 18.0. The van der Waals surface area contributed by atoms with Crippen molar-refractivity contribution in [2.24, 2.45) is 0 Å². The van der Waals surface area contributed by atoms with Crippen LogP contribution in [0.3, 0.4) is 0 Å². The first-order valence-electron chi connectivity index (χ1n) is 9.91. The lowest BCUT2D eigenvalue weighted by Crippen LogP contribution is -2.26. The maximum absolute atomic E-state index is 13.5. The van der Waals surface area contributed by atoms with Gasteiger partial charge in [-0.05, 0) is 31.0 Å². The molecule has 0 unspecified atom stereocenters. The molecule has 0 aliphatic carbocycles. The van der Waals surface area contributed by atoms with Crippen molar-refractivity contribution in [1.29, 1.82) is 0 Å². The van der Waals surface area contributed by atoms with Crippen LogP contribution in [0.15, 0.2) is 30.5 Å². The number of nitrogens with zero attached hydrogens (tertiary/aromatic N) is 6. The van der Waals surface area contributed by atoms with Gasteiger partial charge in [0.15, 0.2) is 23.0 Å². The van der Waals surface area contributed by atoms with Gasteiger partial charge in [-0.3, -0.25) is 0 Å². The third kappa shape index (κ3) is 2.87. The number of alkyl halides is 2. The molecular weight excluding hydrogens is 408 g/mol. The smallest absolute Gasteiger partial charge is 0.395 e. The number of aromatic nitrogens is 5. The van der Waals surface area contributed by atoms with E-state index in [4.69, 9.17) is 5.73 Å². The summed E-state index contributed by atoms with van der Waals surface area (Å²) in [6, 6.07) is 6.89. The molecule has 158 valence electrons. The minimum atomic E-state index is -3.75. The molecule has 2 aliphatic rings. The van der Waals surface area contributed by atoms with Crippen LogP contribution in [0.5, 0.6) is 11.5 Å². The highest BCUT2D eigenvalue weighted by atomic mass is 19.3. The third-order valence-electron chi connectivity index (χ3n) is 5.50. The largest absolute Gasteiger partial charge is 0.586 e. The number of hydrogen-bond acceptors (Lipinski definition) is 8. The van der Waals surface area contributed by atoms with E-state index in [9.17, 15) is 8.78 Å². The number of rotatable bonds is 3. The first-order chi connectivity index (χ1) is 15.0. The molecule has 1 aromatic carbocycles. The zero-order chi connectivity index (χ0) is 21.2. The summed E-state index contributed by atoms with van der Waals surface area (Å²) in [5.41, 5.74) is 7.63. The number of nitrogen functional groups attached to an aromatic ring is 1. The van der Waals surface area contributed by atoms with Crippen molar-refractivity contribution in [3.8, 4) is 11.5 Å². The molecule has 9 nitrogen and oxygen atoms in total. The van der Waals surface area contributed by atoms with Crippen LogP contribution in [-0.4, -0.2) is 44.0 Å². The maximum Gasteiger partial charge on any atom is 0.586 e. The number of nitrogens with two attached hydrogens (primary N) is 1. The van der Waals surface area contributed by atoms with Gasteiger partial charge < -0.3 is 20.1 Å². The highest BCUT2D eigenvalue weighted by molar-refractivity contribution is 5.97. The topological polar surface area (TPSA) is 104 Å². The molecule has 0 radical (unpaired) electrons. The minimum absolute atomic E-state index is 0.0134. The average molecular weight is 425 g/mol. The molecule has 5 heterocycles. The van der Waals surface area contributed by atoms with Gasteiger partial charge in [-0.1, -0.05) is 6.07 Å². The highest BCUT2D eigenvalue weighted by Crippen LogP contribution is 2.45. The van der Waals surface area contributed by atoms with Gasteiger partial charge in [0.2, 0.25) is 5.95 Å². The predicted molar refractivity (Wildman–Crippen MR) is 107 cm³/mol. The second-order valence-corrected chi connectivity index (χ2v) is 7.55. The normalized spacial score (nSPS) is 17.2. The van der Waals surface area contributed by atoms with Gasteiger partial charge in [-0.25, -0.2) is 15.0 Å². The summed E-state index contributed by atoms with van der Waals surface area (Å²) >= 11 is 0. The molecule has 6 rings (SSSR count). The summed E-state index contributed by atoms with van der Waals surface area (Å²) in [4.78, 5) is 15.7. The van der Waals surface area contributed by atoms with E-state index in [2.05, 4.69) is 34.4 Å². The highest BCUT2D eigenvalue weighted by Gasteiger charge is 2.45. The summed E-state index contributed by atoms with van der Waals surface area (Å²) in [7, 11) is 0. The number of pyridine rings is 1. The van der Waals surface area contributed by atoms with Gasteiger partial charge in [0.1, 0.15) is 11.3 Å². The van der Waals surface area contributed by atoms with Crippen molar-refractivity contribution in [3.63, 3.8) is 0 Å². The Bertz CT molecular complexity index is 1330. The predicted octanol–water partition coefficient (Wildman–Crippen LogP) is 2.77. The monoisotopic (exact) mass is 425 g/mol. The molecule has 1 fully saturated rings. The van der Waals surface area contributed by atoms with Gasteiger partial charge in [0.05, 0.1) is 0 Å². The lowest BCUT2D eigenvalue weighted by Gasteiger charge is -2.19. The number of halogens is 2. The van der Waals surface area contributed by atoms with Gasteiger partial charge >= 0.3 is 6.29 Å². The number of hydrogen-bond donors (Lipinski definition) is 1. The van der Waals surface area contributed by atoms with Crippen LogP contribution in [0, 0.1) is 0 Å². The maximum atomic E-state index is 13.5. The van der Waals surface area contributed by atoms with Gasteiger partial charge in [0, 0.05) is 36.7 Å². The fourth-order valence-corrected chi connectivity index (χ4v) is 4.17. The van der Waals surface area contributed by atoms with Crippen molar-refractivity contribution in [2.75, 3.05) is 23.7 Å². The van der Waals surface area contributed by atoms with E-state index < -0.39 is 6.29 Å². The van der Waals surface area contributed by atoms with Crippen LogP contribution < -0.4 is 20.1 Å². The van der Waals surface area contributed by atoms with Crippen LogP contribution in [0.1, 0.15) is 24.2 Å². The molecule has 0 spiro atoms. The Labute approximate surface area is 174 Å². The molecule has 4 aromatic rings. The number of anilines is 2. The Morgan fingerprint density at radius 1 is 1.10 bits per heavy atom. The Morgan fingerprint density at radius 3 is 2.77 bits per heavy atom. The van der Waals surface area contributed by atoms with Crippen molar-refractivity contribution >= 4 is 28.3 Å². The Hall–Kier alpha value is -3.76. The standard InChI is InChI=1S/C20H17F2N7O2/c21-20(22)30-13-6-5-12-15(16(13)31-20)26-19(23)29-18(12)25-14(27-29)10-11-4-3-7-24-17(11)28-8-1-2-9-28/h3-7H,1-2,8-10H2,(H2,23,26). The molecule has 0 bridgehead atoms. The molecule has 0 atom stereocenters. The molecule has 0 amide bonds. The minimum Gasteiger partial charge on any atom is -0.395 e. The van der Waals surface area contributed by atoms with E-state index in [0.717, 1.165) is 37.3 Å². The first-order valence-corrected chi connectivity index (χ1v) is 9.91. The number of fused-ring (bicyclic) bond motifs is 5. The molecular formula is C20H17F2N7O2. The van der Waals surface area contributed by atoms with Crippen LogP contribution in [0.25, 0.3) is 16.6 Å². The Morgan fingerprint density at radius 2 is 1.94 bits per heavy atom. The lowest BCUT2D eigenvalue weighted by molar-refractivity contribution is -0.286. The van der Waals surface area contributed by atoms with Crippen LogP contribution in [-0.2, 0) is 6.42 Å². The summed E-state index contributed by atoms with van der Waals surface area (Å²) in [5, 5.41) is 4.98. The zero-order valence-corrected chi connectivity index (χ0v) is 16.3. The van der Waals surface area contributed by atoms with Crippen molar-refractivity contribution in [3.05, 3.63) is 41.9 Å². The molecule has 3 aromatic heterocycles. The van der Waals surface area contributed by atoms with Gasteiger partial charge in [0.25, 0.3) is 0 Å². The van der Waals surface area contributed by atoms with Gasteiger partial charge in [-0.2, -0.15) is 4.52 Å². The van der Waals surface area contributed by atoms with E-state index in [1.807, 2.05) is 12.1 Å². The summed E-state index contributed by atoms with van der Waals surface area (Å²) in [6.45, 7) is 1.95. The van der Waals surface area contributed by atoms with E-state index in [0.29, 0.717) is 23.3 Å². The van der Waals surface area contributed by atoms with E-state index in [1.54, 1.807) is 12.3 Å². The van der Waals surface area contributed by atoms with Crippen molar-refractivity contribution < 1.29 is 18.3 Å². The average Bonchev–Trinajstić information content (AvgIpc) is 3.46. The Kier molecular flexibility index (Phi) is 3.71. The Balaban J connectivity index is 1.45. The summed E-state index contributed by atoms with van der Waals surface area (Å²) in [6.07, 6.45) is 0.773. The molecule has 1 saturated heterocycles. The summed E-state index contributed by atoms with van der Waals surface area (Å²) in [5.74, 6) is 1.21. The molecule has 11 heteroatoms. The van der Waals surface area contributed by atoms with Crippen LogP contribution in [0.4, 0.5) is 20.5 Å². The second kappa shape index (κ2) is 6.37. The molecule has 2 aliphatic heterocycles. The van der Waals surface area contributed by atoms with E-state index in [1.165, 1.54) is 10.6 Å². The number of benzene rings is 1. The second-order valence-electron chi connectivity index (χ2n) is 7.55. The molecule has 31 heavy (non-hydrogen) atoms. The van der Waals surface area contributed by atoms with Crippen molar-refractivity contribution in [1.82, 2.24) is 24.6 Å². The fraction of sp³-hybridized carbons (Fsp3) is 0.300. The lowest BCUT2D eigenvalue weighted by atomic mass is 10.1.